The molecule has 7 heteroatoms. The molecule has 0 bridgehead atoms. The Morgan fingerprint density at radius 3 is 2.55 bits per heavy atom. The molecule has 0 saturated heterocycles. The number of para-hydroxylation sites is 1. The summed E-state index contributed by atoms with van der Waals surface area (Å²) in [5.74, 6) is 0. The predicted octanol–water partition coefficient (Wildman–Crippen LogP) is 3.06. The van der Waals surface area contributed by atoms with Gasteiger partial charge in [0, 0.05) is 6.07 Å². The molecule has 0 amide bonds. The lowest BCUT2D eigenvalue weighted by Crippen LogP contribution is -1.92. The van der Waals surface area contributed by atoms with E-state index >= 15 is 0 Å². The molecule has 0 aromatic heterocycles. The van der Waals surface area contributed by atoms with Crippen LogP contribution in [0.5, 0.6) is 0 Å². The fourth-order valence-corrected chi connectivity index (χ4v) is 2.04. The summed E-state index contributed by atoms with van der Waals surface area (Å²) in [6.45, 7) is 0.0410. The first kappa shape index (κ1) is 15.0. The molecule has 108 valence electrons. The normalized spacial score (nSPS) is 9.45. The Labute approximate surface area is 124 Å². The molecule has 0 radical (unpaired) electrons. The average Bonchev–Trinajstić information content (AvgIpc) is 2.53. The fraction of sp³-hybridized carbons (Fsp3) is 0.0667. The fourth-order valence-electron chi connectivity index (χ4n) is 2.04. The maximum atomic E-state index is 11.1. The SMILES string of the molecule is O=C=NCc1cc(N=C=O)cc(-c2ccccc2[N+](=O)[O-])c1. The number of nitro benzene ring substituents is 1. The molecule has 0 aliphatic rings. The molecular formula is C15H9N3O4. The molecule has 7 nitrogen and oxygen atoms in total. The van der Waals surface area contributed by atoms with Crippen LogP contribution in [0.15, 0.2) is 52.4 Å². The molecule has 0 fully saturated rings. The van der Waals surface area contributed by atoms with E-state index < -0.39 is 4.92 Å². The van der Waals surface area contributed by atoms with E-state index in [1.54, 1.807) is 30.3 Å². The van der Waals surface area contributed by atoms with Gasteiger partial charge in [-0.1, -0.05) is 12.1 Å². The Morgan fingerprint density at radius 1 is 1.09 bits per heavy atom. The number of hydrogen-bond acceptors (Lipinski definition) is 6. The molecule has 0 aliphatic heterocycles. The molecule has 0 spiro atoms. The largest absolute Gasteiger partial charge is 0.277 e. The van der Waals surface area contributed by atoms with Crippen LogP contribution in [0.1, 0.15) is 5.56 Å². The van der Waals surface area contributed by atoms with Crippen LogP contribution in [0, 0.1) is 10.1 Å². The lowest BCUT2D eigenvalue weighted by atomic mass is 10.0. The van der Waals surface area contributed by atoms with E-state index in [2.05, 4.69) is 9.98 Å². The van der Waals surface area contributed by atoms with Crippen molar-refractivity contribution in [3.63, 3.8) is 0 Å². The summed E-state index contributed by atoms with van der Waals surface area (Å²) in [4.78, 5) is 38.3. The van der Waals surface area contributed by atoms with Gasteiger partial charge in [0.25, 0.3) is 5.69 Å². The second-order valence-corrected chi connectivity index (χ2v) is 4.27. The van der Waals surface area contributed by atoms with E-state index in [1.165, 1.54) is 24.3 Å². The maximum absolute atomic E-state index is 11.1. The van der Waals surface area contributed by atoms with Gasteiger partial charge in [-0.05, 0) is 35.4 Å². The lowest BCUT2D eigenvalue weighted by Gasteiger charge is -2.06. The third-order valence-electron chi connectivity index (χ3n) is 2.89. The molecule has 0 unspecified atom stereocenters. The van der Waals surface area contributed by atoms with Crippen LogP contribution < -0.4 is 0 Å². The van der Waals surface area contributed by atoms with Crippen molar-refractivity contribution in [1.82, 2.24) is 0 Å². The van der Waals surface area contributed by atoms with Gasteiger partial charge in [0.1, 0.15) is 0 Å². The standard InChI is InChI=1S/C15H9N3O4/c19-9-16-8-11-5-12(7-13(6-11)17-10-20)14-3-1-2-4-15(14)18(21)22/h1-7H,8H2. The van der Waals surface area contributed by atoms with Crippen molar-refractivity contribution < 1.29 is 14.5 Å². The number of isocyanates is 2. The van der Waals surface area contributed by atoms with Gasteiger partial charge in [0.15, 0.2) is 0 Å². The Balaban J connectivity index is 2.63. The number of aliphatic imine (C=N–C) groups is 2. The van der Waals surface area contributed by atoms with Gasteiger partial charge in [-0.3, -0.25) is 10.1 Å². The number of hydrogen-bond donors (Lipinski definition) is 0. The maximum Gasteiger partial charge on any atom is 0.277 e. The van der Waals surface area contributed by atoms with E-state index in [9.17, 15) is 19.7 Å². The summed E-state index contributed by atoms with van der Waals surface area (Å²) >= 11 is 0. The van der Waals surface area contributed by atoms with Crippen LogP contribution in [0.4, 0.5) is 11.4 Å². The van der Waals surface area contributed by atoms with Gasteiger partial charge < -0.3 is 0 Å². The first-order valence-electron chi connectivity index (χ1n) is 6.15. The molecule has 2 aromatic rings. The molecule has 0 heterocycles. The van der Waals surface area contributed by atoms with Crippen LogP contribution in [0.2, 0.25) is 0 Å². The van der Waals surface area contributed by atoms with Gasteiger partial charge in [0.2, 0.25) is 12.2 Å². The summed E-state index contributed by atoms with van der Waals surface area (Å²) < 4.78 is 0. The molecule has 0 saturated carbocycles. The van der Waals surface area contributed by atoms with Crippen molar-refractivity contribution in [2.75, 3.05) is 0 Å². The molecule has 0 atom stereocenters. The Hall–Kier alpha value is -3.40. The smallest absolute Gasteiger partial charge is 0.258 e. The molecule has 0 N–H and O–H groups in total. The van der Waals surface area contributed by atoms with Crippen molar-refractivity contribution in [3.8, 4) is 11.1 Å². The zero-order valence-electron chi connectivity index (χ0n) is 11.2. The minimum absolute atomic E-state index is 0.0410. The summed E-state index contributed by atoms with van der Waals surface area (Å²) in [6.07, 6.45) is 2.83. The zero-order chi connectivity index (χ0) is 15.9. The lowest BCUT2D eigenvalue weighted by molar-refractivity contribution is -0.384. The average molecular weight is 295 g/mol. The van der Waals surface area contributed by atoms with Crippen LogP contribution in [-0.4, -0.2) is 17.1 Å². The predicted molar refractivity (Wildman–Crippen MR) is 78.1 cm³/mol. The highest BCUT2D eigenvalue weighted by molar-refractivity contribution is 5.76. The van der Waals surface area contributed by atoms with Gasteiger partial charge in [-0.25, -0.2) is 14.6 Å². The van der Waals surface area contributed by atoms with Crippen LogP contribution in [0.3, 0.4) is 0 Å². The quantitative estimate of drug-likeness (QED) is 0.366. The summed E-state index contributed by atoms with van der Waals surface area (Å²) in [5, 5.41) is 11.1. The van der Waals surface area contributed by atoms with E-state index in [0.29, 0.717) is 16.7 Å². The number of benzene rings is 2. The Morgan fingerprint density at radius 2 is 1.86 bits per heavy atom. The topological polar surface area (TPSA) is 102 Å². The molecular weight excluding hydrogens is 286 g/mol. The van der Waals surface area contributed by atoms with Crippen molar-refractivity contribution in [3.05, 3.63) is 58.1 Å². The van der Waals surface area contributed by atoms with Crippen LogP contribution >= 0.6 is 0 Å². The van der Waals surface area contributed by atoms with E-state index in [-0.39, 0.29) is 17.9 Å². The third kappa shape index (κ3) is 3.37. The van der Waals surface area contributed by atoms with Gasteiger partial charge in [-0.15, -0.1) is 0 Å². The highest BCUT2D eigenvalue weighted by atomic mass is 16.6. The molecule has 2 rings (SSSR count). The summed E-state index contributed by atoms with van der Waals surface area (Å²) in [7, 11) is 0. The van der Waals surface area contributed by atoms with Crippen molar-refractivity contribution in [2.24, 2.45) is 9.98 Å². The van der Waals surface area contributed by atoms with E-state index in [0.717, 1.165) is 0 Å². The zero-order valence-corrected chi connectivity index (χ0v) is 11.2. The number of carbonyl (C=O) groups excluding carboxylic acids is 2. The molecule has 22 heavy (non-hydrogen) atoms. The van der Waals surface area contributed by atoms with Crippen LogP contribution in [-0.2, 0) is 16.1 Å². The highest BCUT2D eigenvalue weighted by Crippen LogP contribution is 2.32. The monoisotopic (exact) mass is 295 g/mol. The molecule has 2 aromatic carbocycles. The highest BCUT2D eigenvalue weighted by Gasteiger charge is 2.15. The second-order valence-electron chi connectivity index (χ2n) is 4.27. The van der Waals surface area contributed by atoms with Gasteiger partial charge in [-0.2, -0.15) is 4.99 Å². The van der Waals surface area contributed by atoms with Gasteiger partial charge in [0.05, 0.1) is 22.7 Å². The van der Waals surface area contributed by atoms with Crippen molar-refractivity contribution in [2.45, 2.75) is 6.54 Å². The molecule has 0 aliphatic carbocycles. The second kappa shape index (κ2) is 6.85. The van der Waals surface area contributed by atoms with Crippen molar-refractivity contribution >= 4 is 23.5 Å². The first-order chi connectivity index (χ1) is 10.7. The number of rotatable bonds is 5. The first-order valence-corrected chi connectivity index (χ1v) is 6.15. The minimum Gasteiger partial charge on any atom is -0.258 e. The third-order valence-corrected chi connectivity index (χ3v) is 2.89. The Kier molecular flexibility index (Phi) is 4.67. The minimum atomic E-state index is -0.492. The number of nitrogens with zero attached hydrogens (tertiary/aromatic N) is 3. The van der Waals surface area contributed by atoms with Crippen LogP contribution in [0.25, 0.3) is 11.1 Å². The Bertz CT molecular complexity index is 819. The van der Waals surface area contributed by atoms with Crippen molar-refractivity contribution in [1.29, 1.82) is 0 Å². The summed E-state index contributed by atoms with van der Waals surface area (Å²) in [5.41, 5.74) is 1.67. The summed E-state index contributed by atoms with van der Waals surface area (Å²) in [6, 6.07) is 10.9. The van der Waals surface area contributed by atoms with Gasteiger partial charge >= 0.3 is 0 Å². The van der Waals surface area contributed by atoms with E-state index in [4.69, 9.17) is 0 Å². The number of nitro groups is 1. The van der Waals surface area contributed by atoms with E-state index in [1.807, 2.05) is 0 Å².